The minimum atomic E-state index is -4.28. The lowest BCUT2D eigenvalue weighted by atomic mass is 10.1. The van der Waals surface area contributed by atoms with Crippen molar-refractivity contribution in [1.29, 1.82) is 0 Å². The fourth-order valence-corrected chi connectivity index (χ4v) is 5.88. The van der Waals surface area contributed by atoms with E-state index in [0.29, 0.717) is 5.56 Å². The molecule has 0 spiro atoms. The normalized spacial score (nSPS) is 12.2. The van der Waals surface area contributed by atoms with E-state index in [1.165, 1.54) is 59.5 Å². The number of hydrogen-bond acceptors (Lipinski definition) is 4. The van der Waals surface area contributed by atoms with Gasteiger partial charge in [-0.05, 0) is 68.3 Å². The fourth-order valence-electron chi connectivity index (χ4n) is 4.00. The van der Waals surface area contributed by atoms with Gasteiger partial charge in [-0.15, -0.1) is 0 Å². The van der Waals surface area contributed by atoms with Crippen LogP contribution in [-0.4, -0.2) is 43.8 Å². The largest absolute Gasteiger partial charge is 0.352 e. The number of carbonyl (C=O) groups excluding carboxylic acids is 2. The van der Waals surface area contributed by atoms with Gasteiger partial charge in [0.1, 0.15) is 18.4 Å². The number of rotatable bonds is 11. The molecule has 3 aromatic rings. The van der Waals surface area contributed by atoms with Gasteiger partial charge < -0.3 is 10.2 Å². The van der Waals surface area contributed by atoms with E-state index < -0.39 is 34.3 Å². The van der Waals surface area contributed by atoms with Crippen LogP contribution < -0.4 is 9.62 Å². The Balaban J connectivity index is 2.09. The third kappa shape index (κ3) is 7.71. The van der Waals surface area contributed by atoms with E-state index in [1.54, 1.807) is 39.0 Å². The lowest BCUT2D eigenvalue weighted by Crippen LogP contribution is -2.53. The molecule has 0 unspecified atom stereocenters. The number of benzene rings is 3. The first-order valence-corrected chi connectivity index (χ1v) is 14.5. The molecule has 1 N–H and O–H groups in total. The van der Waals surface area contributed by atoms with Crippen molar-refractivity contribution in [3.63, 3.8) is 0 Å². The minimum absolute atomic E-state index is 0.0165. The third-order valence-electron chi connectivity index (χ3n) is 5.87. The Kier molecular flexibility index (Phi) is 10.4. The molecule has 11 heteroatoms. The summed E-state index contributed by atoms with van der Waals surface area (Å²) in [5.41, 5.74) is 0.585. The van der Waals surface area contributed by atoms with Crippen LogP contribution >= 0.6 is 23.2 Å². The van der Waals surface area contributed by atoms with Crippen molar-refractivity contribution >= 4 is 50.7 Å². The number of nitrogens with zero attached hydrogens (tertiary/aromatic N) is 2. The summed E-state index contributed by atoms with van der Waals surface area (Å²) in [6.07, 6.45) is 0.259. The van der Waals surface area contributed by atoms with Crippen LogP contribution in [0.3, 0.4) is 0 Å². The second-order valence-electron chi connectivity index (χ2n) is 9.16. The van der Waals surface area contributed by atoms with Gasteiger partial charge in [0, 0.05) is 17.6 Å². The van der Waals surface area contributed by atoms with E-state index in [1.807, 2.05) is 0 Å². The molecule has 0 saturated heterocycles. The SMILES string of the molecule is CC[C@H](C(=O)NC(C)C)N(Cc1ccc(F)cc1)C(=O)CN(c1cc(Cl)ccc1Cl)S(=O)(=O)c1ccccc1. The summed E-state index contributed by atoms with van der Waals surface area (Å²) in [7, 11) is -4.28. The monoisotopic (exact) mass is 593 g/mol. The maximum atomic E-state index is 14.0. The highest BCUT2D eigenvalue weighted by atomic mass is 35.5. The summed E-state index contributed by atoms with van der Waals surface area (Å²) in [5, 5.41) is 3.11. The van der Waals surface area contributed by atoms with Crippen molar-refractivity contribution in [1.82, 2.24) is 10.2 Å². The Bertz CT molecular complexity index is 1400. The number of hydrogen-bond donors (Lipinski definition) is 1. The molecule has 0 saturated carbocycles. The molecule has 2 amide bonds. The van der Waals surface area contributed by atoms with Gasteiger partial charge in [-0.2, -0.15) is 0 Å². The predicted molar refractivity (Wildman–Crippen MR) is 152 cm³/mol. The van der Waals surface area contributed by atoms with E-state index in [9.17, 15) is 22.4 Å². The van der Waals surface area contributed by atoms with Gasteiger partial charge in [0.25, 0.3) is 10.0 Å². The quantitative estimate of drug-likeness (QED) is 0.311. The molecule has 1 atom stereocenters. The molecular weight excluding hydrogens is 564 g/mol. The van der Waals surface area contributed by atoms with Gasteiger partial charge in [-0.1, -0.05) is 60.5 Å². The Labute approximate surface area is 238 Å². The second kappa shape index (κ2) is 13.3. The minimum Gasteiger partial charge on any atom is -0.352 e. The highest BCUT2D eigenvalue weighted by Gasteiger charge is 2.34. The smallest absolute Gasteiger partial charge is 0.264 e. The zero-order valence-electron chi connectivity index (χ0n) is 21.8. The van der Waals surface area contributed by atoms with Crippen molar-refractivity contribution in [3.05, 3.63) is 94.2 Å². The van der Waals surface area contributed by atoms with Gasteiger partial charge >= 0.3 is 0 Å². The molecule has 0 aliphatic carbocycles. The first kappa shape index (κ1) is 30.4. The molecule has 0 heterocycles. The summed E-state index contributed by atoms with van der Waals surface area (Å²) < 4.78 is 42.1. The Morgan fingerprint density at radius 3 is 2.21 bits per heavy atom. The molecule has 0 bridgehead atoms. The molecule has 3 rings (SSSR count). The number of nitrogens with one attached hydrogen (secondary N) is 1. The van der Waals surface area contributed by atoms with Gasteiger partial charge in [0.2, 0.25) is 11.8 Å². The second-order valence-corrected chi connectivity index (χ2v) is 11.9. The molecule has 39 heavy (non-hydrogen) atoms. The first-order chi connectivity index (χ1) is 18.4. The van der Waals surface area contributed by atoms with Crippen LogP contribution in [0.1, 0.15) is 32.8 Å². The van der Waals surface area contributed by atoms with E-state index in [0.717, 1.165) is 4.31 Å². The first-order valence-electron chi connectivity index (χ1n) is 12.3. The number of halogens is 3. The van der Waals surface area contributed by atoms with Crippen LogP contribution in [-0.2, 0) is 26.2 Å². The summed E-state index contributed by atoms with van der Waals surface area (Å²) in [6.45, 7) is 4.63. The van der Waals surface area contributed by atoms with Gasteiger partial charge in [0.05, 0.1) is 15.6 Å². The molecule has 7 nitrogen and oxygen atoms in total. The third-order valence-corrected chi connectivity index (χ3v) is 8.20. The zero-order valence-corrected chi connectivity index (χ0v) is 24.1. The molecular formula is C28H30Cl2FN3O4S. The van der Waals surface area contributed by atoms with Crippen molar-refractivity contribution < 1.29 is 22.4 Å². The highest BCUT2D eigenvalue weighted by molar-refractivity contribution is 7.92. The molecule has 0 aromatic heterocycles. The van der Waals surface area contributed by atoms with E-state index in [2.05, 4.69) is 5.32 Å². The number of carbonyl (C=O) groups is 2. The highest BCUT2D eigenvalue weighted by Crippen LogP contribution is 2.33. The molecule has 0 aliphatic rings. The summed E-state index contributed by atoms with van der Waals surface area (Å²) >= 11 is 12.6. The summed E-state index contributed by atoms with van der Waals surface area (Å²) in [6, 6.07) is 16.4. The van der Waals surface area contributed by atoms with E-state index >= 15 is 0 Å². The van der Waals surface area contributed by atoms with E-state index in [4.69, 9.17) is 23.2 Å². The lowest BCUT2D eigenvalue weighted by molar-refractivity contribution is -0.140. The summed E-state index contributed by atoms with van der Waals surface area (Å²) in [4.78, 5) is 28.3. The predicted octanol–water partition coefficient (Wildman–Crippen LogP) is 5.66. The van der Waals surface area contributed by atoms with Crippen LogP contribution in [0.2, 0.25) is 10.0 Å². The van der Waals surface area contributed by atoms with Gasteiger partial charge in [0.15, 0.2) is 0 Å². The topological polar surface area (TPSA) is 86.8 Å². The molecule has 3 aromatic carbocycles. The maximum absolute atomic E-state index is 14.0. The molecule has 0 radical (unpaired) electrons. The van der Waals surface area contributed by atoms with Crippen molar-refractivity contribution in [2.45, 2.75) is 50.7 Å². The van der Waals surface area contributed by atoms with Crippen LogP contribution in [0, 0.1) is 5.82 Å². The number of amides is 2. The van der Waals surface area contributed by atoms with Crippen LogP contribution in [0.15, 0.2) is 77.7 Å². The fraction of sp³-hybridized carbons (Fsp3) is 0.286. The maximum Gasteiger partial charge on any atom is 0.264 e. The molecule has 208 valence electrons. The lowest BCUT2D eigenvalue weighted by Gasteiger charge is -2.33. The average molecular weight is 595 g/mol. The zero-order chi connectivity index (χ0) is 28.7. The molecule has 0 fully saturated rings. The Morgan fingerprint density at radius 2 is 1.62 bits per heavy atom. The van der Waals surface area contributed by atoms with Gasteiger partial charge in [-0.3, -0.25) is 13.9 Å². The summed E-state index contributed by atoms with van der Waals surface area (Å²) in [5.74, 6) is -1.49. The Morgan fingerprint density at radius 1 is 0.974 bits per heavy atom. The standard InChI is InChI=1S/C28H30Cl2FN3O4S/c1-4-25(28(36)32-19(2)3)33(17-20-10-13-22(31)14-11-20)27(35)18-34(26-16-21(29)12-15-24(26)30)39(37,38)23-8-6-5-7-9-23/h5-16,19,25H,4,17-18H2,1-3H3,(H,32,36)/t25-/m1/s1. The van der Waals surface area contributed by atoms with Crippen LogP contribution in [0.25, 0.3) is 0 Å². The number of sulfonamides is 1. The van der Waals surface area contributed by atoms with Crippen LogP contribution in [0.5, 0.6) is 0 Å². The van der Waals surface area contributed by atoms with Crippen LogP contribution in [0.4, 0.5) is 10.1 Å². The number of anilines is 1. The van der Waals surface area contributed by atoms with E-state index in [-0.39, 0.29) is 45.5 Å². The van der Waals surface area contributed by atoms with Gasteiger partial charge in [-0.25, -0.2) is 12.8 Å². The average Bonchev–Trinajstić information content (AvgIpc) is 2.89. The van der Waals surface area contributed by atoms with Crippen molar-refractivity contribution in [3.8, 4) is 0 Å². The van der Waals surface area contributed by atoms with Crippen molar-refractivity contribution in [2.24, 2.45) is 0 Å². The molecule has 0 aliphatic heterocycles. The Hall–Kier alpha value is -3.14. The van der Waals surface area contributed by atoms with Crippen molar-refractivity contribution in [2.75, 3.05) is 10.8 Å².